The number of rotatable bonds is 10. The Morgan fingerprint density at radius 3 is 2.40 bits per heavy atom. The number of aromatic hydroxyl groups is 1. The number of nitrogens with zero attached hydrogens (tertiary/aromatic N) is 2. The van der Waals surface area contributed by atoms with E-state index >= 15 is 0 Å². The summed E-state index contributed by atoms with van der Waals surface area (Å²) in [6, 6.07) is 6.82. The maximum absolute atomic E-state index is 13.1. The van der Waals surface area contributed by atoms with Crippen molar-refractivity contribution in [2.45, 2.75) is 37.7 Å². The molecule has 1 aromatic carbocycles. The Hall–Kier alpha value is -1.96. The summed E-state index contributed by atoms with van der Waals surface area (Å²) in [5.74, 6) is -2.44. The van der Waals surface area contributed by atoms with Crippen molar-refractivity contribution in [3.8, 4) is 5.75 Å². The topological polar surface area (TPSA) is 59.0 Å². The molecule has 0 aromatic heterocycles. The van der Waals surface area contributed by atoms with Crippen LogP contribution in [0, 0.1) is 0 Å². The number of alkyl halides is 2. The van der Waals surface area contributed by atoms with E-state index in [0.717, 1.165) is 69.3 Å². The molecule has 1 atom stereocenters. The molecule has 2 aliphatic rings. The third-order valence-corrected chi connectivity index (χ3v) is 5.71. The lowest BCUT2D eigenvalue weighted by Gasteiger charge is -2.35. The number of piperazine rings is 1. The Morgan fingerprint density at radius 2 is 1.73 bits per heavy atom. The van der Waals surface area contributed by atoms with Crippen LogP contribution in [0.1, 0.15) is 25.7 Å². The predicted octanol–water partition coefficient (Wildman–Crippen LogP) is 3.47. The number of hydrogen-bond acceptors (Lipinski definition) is 5. The molecule has 0 amide bonds. The number of unbranched alkanes of at least 4 members (excludes halogenated alkanes) is 1. The van der Waals surface area contributed by atoms with Crippen LogP contribution in [0.5, 0.6) is 5.75 Å². The summed E-state index contributed by atoms with van der Waals surface area (Å²) in [6.45, 7) is 6.02. The number of phenols is 1. The molecule has 3 N–H and O–H groups in total. The first-order valence-electron chi connectivity index (χ1n) is 10.8. The van der Waals surface area contributed by atoms with Crippen molar-refractivity contribution in [2.75, 3.05) is 51.1 Å². The van der Waals surface area contributed by atoms with Crippen molar-refractivity contribution < 1.29 is 19.0 Å². The van der Waals surface area contributed by atoms with Gasteiger partial charge in [0.1, 0.15) is 5.75 Å². The second-order valence-corrected chi connectivity index (χ2v) is 8.26. The summed E-state index contributed by atoms with van der Waals surface area (Å²) < 4.78 is 26.2. The molecule has 1 heterocycles. The highest BCUT2D eigenvalue weighted by atomic mass is 19.3. The molecule has 7 heteroatoms. The Kier molecular flexibility index (Phi) is 8.24. The number of halogens is 2. The smallest absolute Gasteiger partial charge is 0.270 e. The second kappa shape index (κ2) is 10.9. The minimum absolute atomic E-state index is 0.170. The zero-order chi connectivity index (χ0) is 21.4. The number of β-amino-alcohol motifs (C(OH)–C–C–N with tert-alkyl or cyclic N) is 1. The van der Waals surface area contributed by atoms with Crippen molar-refractivity contribution in [1.29, 1.82) is 0 Å². The standard InChI is InChI=1S/C23H33F2N3O2/c24-23(25)10-8-19(9-11-23)3-1-2-12-27-13-15-28(16-14-27)18-22(30)17-26-20-4-6-21(29)7-5-20/h4-10,22,26,29-30H,1-3,11-18H2. The van der Waals surface area contributed by atoms with Gasteiger partial charge in [0.2, 0.25) is 0 Å². The minimum Gasteiger partial charge on any atom is -0.508 e. The van der Waals surface area contributed by atoms with Gasteiger partial charge in [-0.3, -0.25) is 4.90 Å². The summed E-state index contributed by atoms with van der Waals surface area (Å²) in [5, 5.41) is 22.8. The van der Waals surface area contributed by atoms with Crippen molar-refractivity contribution in [3.05, 3.63) is 48.1 Å². The molecule has 166 valence electrons. The maximum Gasteiger partial charge on any atom is 0.270 e. The molecule has 1 fully saturated rings. The van der Waals surface area contributed by atoms with Crippen LogP contribution in [0.25, 0.3) is 0 Å². The lowest BCUT2D eigenvalue weighted by atomic mass is 10.00. The van der Waals surface area contributed by atoms with Gasteiger partial charge in [-0.2, -0.15) is 0 Å². The summed E-state index contributed by atoms with van der Waals surface area (Å²) in [6.07, 6.45) is 6.60. The van der Waals surface area contributed by atoms with Gasteiger partial charge in [0, 0.05) is 51.4 Å². The van der Waals surface area contributed by atoms with Gasteiger partial charge in [-0.1, -0.05) is 17.7 Å². The number of allylic oxidation sites excluding steroid dienone is 4. The van der Waals surface area contributed by atoms with Crippen LogP contribution in [0.15, 0.2) is 48.1 Å². The fourth-order valence-corrected chi connectivity index (χ4v) is 3.86. The van der Waals surface area contributed by atoms with E-state index in [9.17, 15) is 19.0 Å². The molecule has 0 radical (unpaired) electrons. The van der Waals surface area contributed by atoms with Crippen LogP contribution in [0.2, 0.25) is 0 Å². The van der Waals surface area contributed by atoms with Gasteiger partial charge in [0.15, 0.2) is 0 Å². The van der Waals surface area contributed by atoms with E-state index in [0.29, 0.717) is 13.1 Å². The summed E-state index contributed by atoms with van der Waals surface area (Å²) in [5.41, 5.74) is 1.91. The van der Waals surface area contributed by atoms with E-state index in [1.165, 1.54) is 0 Å². The molecular formula is C23H33F2N3O2. The highest BCUT2D eigenvalue weighted by Crippen LogP contribution is 2.28. The summed E-state index contributed by atoms with van der Waals surface area (Å²) in [7, 11) is 0. The molecule has 0 saturated carbocycles. The molecule has 1 aliphatic heterocycles. The van der Waals surface area contributed by atoms with Crippen molar-refractivity contribution in [1.82, 2.24) is 9.80 Å². The molecule has 3 rings (SSSR count). The highest BCUT2D eigenvalue weighted by Gasteiger charge is 2.25. The maximum atomic E-state index is 13.1. The molecule has 1 unspecified atom stereocenters. The number of benzene rings is 1. The monoisotopic (exact) mass is 421 g/mol. The number of aliphatic hydroxyl groups excluding tert-OH is 1. The van der Waals surface area contributed by atoms with Gasteiger partial charge in [-0.15, -0.1) is 0 Å². The van der Waals surface area contributed by atoms with Crippen LogP contribution in [-0.2, 0) is 0 Å². The van der Waals surface area contributed by atoms with Crippen LogP contribution >= 0.6 is 0 Å². The van der Waals surface area contributed by atoms with Crippen molar-refractivity contribution in [3.63, 3.8) is 0 Å². The fourth-order valence-electron chi connectivity index (χ4n) is 3.86. The fraction of sp³-hybridized carbons (Fsp3) is 0.565. The van der Waals surface area contributed by atoms with Crippen LogP contribution < -0.4 is 5.32 Å². The van der Waals surface area contributed by atoms with Crippen molar-refractivity contribution >= 4 is 5.69 Å². The normalized spacial score (nSPS) is 20.7. The van der Waals surface area contributed by atoms with E-state index < -0.39 is 12.0 Å². The van der Waals surface area contributed by atoms with E-state index in [-0.39, 0.29) is 12.2 Å². The lowest BCUT2D eigenvalue weighted by Crippen LogP contribution is -2.49. The van der Waals surface area contributed by atoms with E-state index in [4.69, 9.17) is 0 Å². The first-order valence-corrected chi connectivity index (χ1v) is 10.8. The number of nitrogens with one attached hydrogen (secondary N) is 1. The average Bonchev–Trinajstić information content (AvgIpc) is 2.73. The zero-order valence-electron chi connectivity index (χ0n) is 17.4. The zero-order valence-corrected chi connectivity index (χ0v) is 17.4. The Bertz CT molecular complexity index is 714. The SMILES string of the molecule is Oc1ccc(NCC(O)CN2CCN(CCCCC3=CCC(F)(F)C=C3)CC2)cc1. The highest BCUT2D eigenvalue weighted by molar-refractivity contribution is 5.45. The Labute approximate surface area is 177 Å². The van der Waals surface area contributed by atoms with Crippen LogP contribution in [-0.4, -0.2) is 77.9 Å². The number of aliphatic hydroxyl groups is 1. The molecule has 1 saturated heterocycles. The number of phenolic OH excluding ortho intramolecular Hbond substituents is 1. The summed E-state index contributed by atoms with van der Waals surface area (Å²) >= 11 is 0. The number of hydrogen-bond donors (Lipinski definition) is 3. The first kappa shape index (κ1) is 22.7. The van der Waals surface area contributed by atoms with Crippen LogP contribution in [0.4, 0.5) is 14.5 Å². The quantitative estimate of drug-likeness (QED) is 0.399. The van der Waals surface area contributed by atoms with Gasteiger partial charge in [-0.25, -0.2) is 8.78 Å². The minimum atomic E-state index is -2.67. The average molecular weight is 422 g/mol. The molecule has 0 bridgehead atoms. The largest absolute Gasteiger partial charge is 0.508 e. The lowest BCUT2D eigenvalue weighted by molar-refractivity contribution is 0.0570. The Morgan fingerprint density at radius 1 is 1.03 bits per heavy atom. The predicted molar refractivity (Wildman–Crippen MR) is 116 cm³/mol. The van der Waals surface area contributed by atoms with Gasteiger partial charge in [0.25, 0.3) is 5.92 Å². The first-order chi connectivity index (χ1) is 14.4. The van der Waals surface area contributed by atoms with E-state index in [1.807, 2.05) is 0 Å². The second-order valence-electron chi connectivity index (χ2n) is 8.26. The molecular weight excluding hydrogens is 388 g/mol. The van der Waals surface area contributed by atoms with Crippen LogP contribution in [0.3, 0.4) is 0 Å². The van der Waals surface area contributed by atoms with Crippen molar-refractivity contribution in [2.24, 2.45) is 0 Å². The third kappa shape index (κ3) is 7.70. The molecule has 1 aliphatic carbocycles. The Balaban J connectivity index is 1.24. The van der Waals surface area contributed by atoms with Gasteiger partial charge < -0.3 is 20.4 Å². The summed E-state index contributed by atoms with van der Waals surface area (Å²) in [4.78, 5) is 4.73. The van der Waals surface area contributed by atoms with Gasteiger partial charge in [0.05, 0.1) is 6.10 Å². The molecule has 5 nitrogen and oxygen atoms in total. The van der Waals surface area contributed by atoms with E-state index in [2.05, 4.69) is 15.1 Å². The number of anilines is 1. The molecule has 1 aromatic rings. The van der Waals surface area contributed by atoms with E-state index in [1.54, 1.807) is 36.4 Å². The van der Waals surface area contributed by atoms with Gasteiger partial charge in [-0.05, 0) is 56.1 Å². The third-order valence-electron chi connectivity index (χ3n) is 5.71. The van der Waals surface area contributed by atoms with Gasteiger partial charge >= 0.3 is 0 Å². The molecule has 30 heavy (non-hydrogen) atoms. The molecule has 0 spiro atoms.